The molecular formula is C33H43N3O6. The van der Waals surface area contributed by atoms with Gasteiger partial charge in [0.2, 0.25) is 5.91 Å². The highest BCUT2D eigenvalue weighted by molar-refractivity contribution is 6.13. The van der Waals surface area contributed by atoms with Gasteiger partial charge in [-0.05, 0) is 60.1 Å². The first-order valence-corrected chi connectivity index (χ1v) is 14.7. The van der Waals surface area contributed by atoms with Crippen molar-refractivity contribution in [1.29, 1.82) is 0 Å². The van der Waals surface area contributed by atoms with Crippen molar-refractivity contribution in [3.63, 3.8) is 0 Å². The number of nitrogens with one attached hydrogen (secondary N) is 1. The van der Waals surface area contributed by atoms with Crippen LogP contribution in [0.3, 0.4) is 0 Å². The third-order valence-electron chi connectivity index (χ3n) is 8.08. The van der Waals surface area contributed by atoms with E-state index >= 15 is 0 Å². The first-order valence-electron chi connectivity index (χ1n) is 14.7. The smallest absolute Gasteiger partial charge is 0.253 e. The molecule has 42 heavy (non-hydrogen) atoms. The van der Waals surface area contributed by atoms with Crippen LogP contribution in [0, 0.1) is 17.3 Å². The number of benzene rings is 1. The van der Waals surface area contributed by atoms with E-state index < -0.39 is 0 Å². The lowest BCUT2D eigenvalue weighted by Crippen LogP contribution is -2.31. The van der Waals surface area contributed by atoms with Crippen LogP contribution in [0.1, 0.15) is 77.8 Å². The molecule has 3 rings (SSSR count). The Morgan fingerprint density at radius 1 is 0.810 bits per heavy atom. The number of amides is 5. The van der Waals surface area contributed by atoms with Gasteiger partial charge in [0, 0.05) is 62.3 Å². The fourth-order valence-electron chi connectivity index (χ4n) is 5.11. The number of Topliss-reactive ketones (excluding diaryl/α,β-unsaturated/α-hetero) is 1. The topological polar surface area (TPSA) is 121 Å². The lowest BCUT2D eigenvalue weighted by molar-refractivity contribution is -0.138. The lowest BCUT2D eigenvalue weighted by Gasteiger charge is -2.29. The van der Waals surface area contributed by atoms with Gasteiger partial charge in [-0.1, -0.05) is 46.8 Å². The Morgan fingerprint density at radius 3 is 1.86 bits per heavy atom. The summed E-state index contributed by atoms with van der Waals surface area (Å²) in [6.07, 6.45) is 7.88. The van der Waals surface area contributed by atoms with Gasteiger partial charge in [-0.3, -0.25) is 38.6 Å². The zero-order valence-corrected chi connectivity index (χ0v) is 25.4. The molecule has 0 saturated heterocycles. The predicted molar refractivity (Wildman–Crippen MR) is 160 cm³/mol. The summed E-state index contributed by atoms with van der Waals surface area (Å²) in [6, 6.07) is 5.82. The molecule has 9 heteroatoms. The number of carbonyl (C=O) groups excluding carboxylic acids is 6. The molecule has 5 amide bonds. The van der Waals surface area contributed by atoms with Crippen LogP contribution in [0.2, 0.25) is 0 Å². The monoisotopic (exact) mass is 577 g/mol. The average molecular weight is 578 g/mol. The van der Waals surface area contributed by atoms with E-state index in [1.807, 2.05) is 18.2 Å². The Balaban J connectivity index is 1.64. The van der Waals surface area contributed by atoms with Gasteiger partial charge in [0.05, 0.1) is 0 Å². The molecule has 2 atom stereocenters. The minimum atomic E-state index is -0.376. The molecule has 2 heterocycles. The molecule has 1 aromatic carbocycles. The normalized spacial score (nSPS) is 16.5. The Kier molecular flexibility index (Phi) is 11.1. The number of nitrogens with zero attached hydrogens (tertiary/aromatic N) is 2. The van der Waals surface area contributed by atoms with Crippen LogP contribution in [-0.4, -0.2) is 58.2 Å². The quantitative estimate of drug-likeness (QED) is 0.309. The Hall–Kier alpha value is -3.88. The summed E-state index contributed by atoms with van der Waals surface area (Å²) in [5, 5.41) is 2.95. The lowest BCUT2D eigenvalue weighted by atomic mass is 9.76. The molecule has 0 radical (unpaired) electrons. The van der Waals surface area contributed by atoms with Gasteiger partial charge in [0.25, 0.3) is 23.6 Å². The number of anilines is 1. The van der Waals surface area contributed by atoms with Crippen molar-refractivity contribution >= 4 is 41.0 Å². The second kappa shape index (κ2) is 14.3. The summed E-state index contributed by atoms with van der Waals surface area (Å²) in [7, 11) is 0. The number of ketones is 1. The van der Waals surface area contributed by atoms with Crippen molar-refractivity contribution in [3.05, 3.63) is 53.6 Å². The van der Waals surface area contributed by atoms with E-state index in [9.17, 15) is 28.8 Å². The second-order valence-electron chi connectivity index (χ2n) is 12.6. The van der Waals surface area contributed by atoms with E-state index in [-0.39, 0.29) is 73.1 Å². The summed E-state index contributed by atoms with van der Waals surface area (Å²) in [5.74, 6) is -0.850. The molecule has 226 valence electrons. The van der Waals surface area contributed by atoms with Crippen LogP contribution in [0.25, 0.3) is 0 Å². The molecule has 0 aromatic heterocycles. The number of imide groups is 2. The fraction of sp³-hybridized carbons (Fsp3) is 0.515. The predicted octanol–water partition coefficient (Wildman–Crippen LogP) is 4.40. The number of hydrogen-bond donors (Lipinski definition) is 1. The standard InChI is InChI=1S/C33H43N3O6/c1-22(18-23(2)33(3,4)5)19-24-10-11-25(21-26(37)8-6-16-35-29(39)12-13-30(35)40)27(20-24)34-28(38)9-7-17-36-31(41)14-15-32(36)42/h10-15,20,22-23H,6-9,16-19,21H2,1-5H3,(H,34,38)/t22-,23?/m1/s1. The molecule has 9 nitrogen and oxygen atoms in total. The molecule has 2 aliphatic heterocycles. The van der Waals surface area contributed by atoms with Crippen LogP contribution in [0.4, 0.5) is 5.69 Å². The molecule has 1 aromatic rings. The third kappa shape index (κ3) is 9.33. The van der Waals surface area contributed by atoms with Crippen molar-refractivity contribution in [3.8, 4) is 0 Å². The Morgan fingerprint density at radius 2 is 1.33 bits per heavy atom. The van der Waals surface area contributed by atoms with Crippen LogP contribution < -0.4 is 5.32 Å². The third-order valence-corrected chi connectivity index (χ3v) is 8.08. The first-order chi connectivity index (χ1) is 19.7. The van der Waals surface area contributed by atoms with Gasteiger partial charge in [0.15, 0.2) is 0 Å². The van der Waals surface area contributed by atoms with E-state index in [4.69, 9.17) is 0 Å². The zero-order valence-electron chi connectivity index (χ0n) is 25.4. The van der Waals surface area contributed by atoms with E-state index in [0.717, 1.165) is 28.2 Å². The molecular weight excluding hydrogens is 534 g/mol. The second-order valence-corrected chi connectivity index (χ2v) is 12.6. The van der Waals surface area contributed by atoms with Gasteiger partial charge >= 0.3 is 0 Å². The highest BCUT2D eigenvalue weighted by Crippen LogP contribution is 2.32. The highest BCUT2D eigenvalue weighted by atomic mass is 16.2. The van der Waals surface area contributed by atoms with Gasteiger partial charge in [-0.15, -0.1) is 0 Å². The van der Waals surface area contributed by atoms with Crippen LogP contribution in [0.15, 0.2) is 42.5 Å². The van der Waals surface area contributed by atoms with Crippen molar-refractivity contribution in [2.45, 2.75) is 79.6 Å². The first kappa shape index (κ1) is 32.6. The van der Waals surface area contributed by atoms with E-state index in [1.165, 1.54) is 24.3 Å². The van der Waals surface area contributed by atoms with Crippen molar-refractivity contribution in [1.82, 2.24) is 9.80 Å². The SMILES string of the molecule is CC(C[C@@H](C)Cc1ccc(CC(=O)CCCN2C(=O)C=CC2=O)c(NC(=O)CCCN2C(=O)C=CC2=O)c1)C(C)(C)C. The molecule has 2 aliphatic rings. The van der Waals surface area contributed by atoms with Gasteiger partial charge in [0.1, 0.15) is 5.78 Å². The Bertz CT molecular complexity index is 1250. The number of hydrogen-bond acceptors (Lipinski definition) is 6. The van der Waals surface area contributed by atoms with E-state index in [0.29, 0.717) is 35.9 Å². The van der Waals surface area contributed by atoms with Crippen molar-refractivity contribution in [2.24, 2.45) is 17.3 Å². The molecule has 0 spiro atoms. The maximum Gasteiger partial charge on any atom is 0.253 e. The van der Waals surface area contributed by atoms with Crippen LogP contribution in [0.5, 0.6) is 0 Å². The summed E-state index contributed by atoms with van der Waals surface area (Å²) >= 11 is 0. The average Bonchev–Trinajstić information content (AvgIpc) is 3.39. The zero-order chi connectivity index (χ0) is 31.0. The highest BCUT2D eigenvalue weighted by Gasteiger charge is 2.25. The number of carbonyl (C=O) groups is 6. The summed E-state index contributed by atoms with van der Waals surface area (Å²) in [6.45, 7) is 11.6. The largest absolute Gasteiger partial charge is 0.326 e. The number of rotatable bonds is 15. The minimum absolute atomic E-state index is 0.0590. The maximum atomic E-state index is 12.9. The summed E-state index contributed by atoms with van der Waals surface area (Å²) < 4.78 is 0. The molecule has 0 fully saturated rings. The molecule has 0 bridgehead atoms. The Labute approximate surface area is 248 Å². The molecule has 1 unspecified atom stereocenters. The molecule has 0 aliphatic carbocycles. The maximum absolute atomic E-state index is 12.9. The fourth-order valence-corrected chi connectivity index (χ4v) is 5.11. The minimum Gasteiger partial charge on any atom is -0.326 e. The van der Waals surface area contributed by atoms with Gasteiger partial charge < -0.3 is 5.32 Å². The summed E-state index contributed by atoms with van der Waals surface area (Å²) in [5.41, 5.74) is 2.54. The molecule has 0 saturated carbocycles. The van der Waals surface area contributed by atoms with E-state index in [1.54, 1.807) is 0 Å². The van der Waals surface area contributed by atoms with E-state index in [2.05, 4.69) is 39.9 Å². The summed E-state index contributed by atoms with van der Waals surface area (Å²) in [4.78, 5) is 75.0. The van der Waals surface area contributed by atoms with Gasteiger partial charge in [-0.25, -0.2) is 0 Å². The van der Waals surface area contributed by atoms with Gasteiger partial charge in [-0.2, -0.15) is 0 Å². The van der Waals surface area contributed by atoms with Crippen molar-refractivity contribution < 1.29 is 28.8 Å². The van der Waals surface area contributed by atoms with Crippen LogP contribution >= 0.6 is 0 Å². The van der Waals surface area contributed by atoms with Crippen LogP contribution in [-0.2, 0) is 41.6 Å². The van der Waals surface area contributed by atoms with Crippen molar-refractivity contribution in [2.75, 3.05) is 18.4 Å². The molecule has 1 N–H and O–H groups in total.